The lowest BCUT2D eigenvalue weighted by Crippen LogP contribution is -2.54. The third-order valence-corrected chi connectivity index (χ3v) is 8.32. The molecule has 0 aliphatic carbocycles. The van der Waals surface area contributed by atoms with Gasteiger partial charge in [-0.3, -0.25) is 34.4 Å². The fourth-order valence-electron chi connectivity index (χ4n) is 6.02. The fourth-order valence-corrected chi connectivity index (χ4v) is 6.02. The molecule has 3 aromatic carbocycles. The molecular formula is C32H26N10O5. The number of hydrazine groups is 2. The second kappa shape index (κ2) is 10.9. The monoisotopic (exact) mass is 630 g/mol. The zero-order valence-electron chi connectivity index (χ0n) is 24.7. The predicted molar refractivity (Wildman–Crippen MR) is 168 cm³/mol. The molecule has 8 rings (SSSR count). The van der Waals surface area contributed by atoms with Gasteiger partial charge in [-0.15, -0.1) is 15.4 Å². The number of amides is 4. The normalized spacial score (nSPS) is 17.9. The predicted octanol–water partition coefficient (Wildman–Crippen LogP) is 2.15. The van der Waals surface area contributed by atoms with E-state index in [1.54, 1.807) is 33.1 Å². The van der Waals surface area contributed by atoms with Gasteiger partial charge in [0.05, 0.1) is 35.3 Å². The smallest absolute Gasteiger partial charge is 0.262 e. The number of anilines is 2. The van der Waals surface area contributed by atoms with Gasteiger partial charge in [-0.05, 0) is 61.0 Å². The van der Waals surface area contributed by atoms with Gasteiger partial charge >= 0.3 is 0 Å². The zero-order valence-corrected chi connectivity index (χ0v) is 24.7. The number of nitrogens with zero attached hydrogens (tertiary/aromatic N) is 7. The average molecular weight is 631 g/mol. The molecule has 234 valence electrons. The van der Waals surface area contributed by atoms with Crippen molar-refractivity contribution in [3.63, 3.8) is 0 Å². The van der Waals surface area contributed by atoms with Crippen molar-refractivity contribution >= 4 is 46.2 Å². The van der Waals surface area contributed by atoms with Crippen molar-refractivity contribution in [3.05, 3.63) is 90.3 Å². The summed E-state index contributed by atoms with van der Waals surface area (Å²) in [6.45, 7) is 0.955. The maximum atomic E-state index is 13.4. The first-order valence-electron chi connectivity index (χ1n) is 14.9. The molecule has 0 saturated carbocycles. The van der Waals surface area contributed by atoms with Crippen LogP contribution in [-0.2, 0) is 9.59 Å². The van der Waals surface area contributed by atoms with Gasteiger partial charge in [-0.1, -0.05) is 18.2 Å². The highest BCUT2D eigenvalue weighted by atomic mass is 16.5. The summed E-state index contributed by atoms with van der Waals surface area (Å²) in [6, 6.07) is 20.8. The van der Waals surface area contributed by atoms with Crippen LogP contribution in [-0.4, -0.2) is 67.5 Å². The minimum absolute atomic E-state index is 0.0526. The van der Waals surface area contributed by atoms with Crippen molar-refractivity contribution in [1.82, 2.24) is 35.6 Å². The molecule has 5 aromatic rings. The number of ether oxygens (including phenoxy) is 1. The summed E-state index contributed by atoms with van der Waals surface area (Å²) >= 11 is 0. The number of imide groups is 2. The van der Waals surface area contributed by atoms with Crippen molar-refractivity contribution < 1.29 is 23.9 Å². The number of para-hydroxylation sites is 1. The number of nitrogens with one attached hydrogen (secondary N) is 2. The van der Waals surface area contributed by atoms with Crippen LogP contribution in [0, 0.1) is 0 Å². The van der Waals surface area contributed by atoms with Crippen molar-refractivity contribution in [2.45, 2.75) is 18.9 Å². The number of nitrogen functional groups attached to an aromatic ring is 1. The van der Waals surface area contributed by atoms with Crippen molar-refractivity contribution in [2.75, 3.05) is 29.0 Å². The Bertz CT molecular complexity index is 2100. The number of piperidine rings is 1. The molecule has 1 unspecified atom stereocenters. The van der Waals surface area contributed by atoms with Gasteiger partial charge in [0.1, 0.15) is 35.4 Å². The number of hydrogen-bond acceptors (Lipinski definition) is 12. The second-order valence-electron chi connectivity index (χ2n) is 11.2. The van der Waals surface area contributed by atoms with E-state index in [0.29, 0.717) is 41.3 Å². The summed E-state index contributed by atoms with van der Waals surface area (Å²) in [6.07, 6.45) is 1.52. The lowest BCUT2D eigenvalue weighted by Gasteiger charge is -2.27. The maximum Gasteiger partial charge on any atom is 0.262 e. The molecule has 2 saturated heterocycles. The third-order valence-electron chi connectivity index (χ3n) is 8.32. The fraction of sp³-hybridized carbons (Fsp3) is 0.156. The van der Waals surface area contributed by atoms with Gasteiger partial charge in [0.25, 0.3) is 11.8 Å². The van der Waals surface area contributed by atoms with Crippen LogP contribution in [0.15, 0.2) is 79.1 Å². The molecule has 15 nitrogen and oxygen atoms in total. The van der Waals surface area contributed by atoms with Crippen LogP contribution in [0.3, 0.4) is 0 Å². The standard InChI is InChI=1S/C32H26N10O5/c33-28-26-27(18-6-9-21(10-7-18)47-20-4-2-1-3-5-20)37-42(29(26)35-17-34-28)40-15-14-39(38-40)19-8-11-22-23(16-19)32(46)41(31(22)45)24-12-13-25(43)36-30(24)44/h1-11,16-17,24,38H,12-15H2,(H2,33,34,35)(H,36,43,44). The topological polar surface area (TPSA) is 181 Å². The first kappa shape index (κ1) is 28.1. The van der Waals surface area contributed by atoms with Gasteiger partial charge < -0.3 is 10.5 Å². The zero-order chi connectivity index (χ0) is 32.2. The number of carbonyl (C=O) groups excluding carboxylic acids is 4. The molecular weight excluding hydrogens is 604 g/mol. The molecule has 1 atom stereocenters. The molecule has 0 radical (unpaired) electrons. The quantitative estimate of drug-likeness (QED) is 0.233. The van der Waals surface area contributed by atoms with Crippen LogP contribution in [0.2, 0.25) is 0 Å². The number of aromatic nitrogens is 4. The van der Waals surface area contributed by atoms with Crippen LogP contribution in [0.5, 0.6) is 11.5 Å². The lowest BCUT2D eigenvalue weighted by molar-refractivity contribution is -0.136. The second-order valence-corrected chi connectivity index (χ2v) is 11.2. The summed E-state index contributed by atoms with van der Waals surface area (Å²) in [5, 5.41) is 11.2. The number of hydrogen-bond donors (Lipinski definition) is 3. The first-order valence-corrected chi connectivity index (χ1v) is 14.9. The number of carbonyl (C=O) groups is 4. The highest BCUT2D eigenvalue weighted by Crippen LogP contribution is 2.34. The number of fused-ring (bicyclic) bond motifs is 2. The van der Waals surface area contributed by atoms with E-state index in [-0.39, 0.29) is 29.8 Å². The summed E-state index contributed by atoms with van der Waals surface area (Å²) < 4.78 is 5.94. The first-order chi connectivity index (χ1) is 22.9. The van der Waals surface area contributed by atoms with E-state index in [1.165, 1.54) is 6.33 Å². The Hall–Kier alpha value is -6.35. The van der Waals surface area contributed by atoms with Crippen LogP contribution in [0.1, 0.15) is 33.6 Å². The SMILES string of the molecule is Nc1ncnc2c1c(-c1ccc(Oc3ccccc3)cc1)nn2N1CCN(c2ccc3c(c2)C(=O)N(C2CCC(=O)NC2=O)C3=O)N1. The molecule has 15 heteroatoms. The molecule has 3 aliphatic heterocycles. The summed E-state index contributed by atoms with van der Waals surface area (Å²) in [4.78, 5) is 61.8. The van der Waals surface area contributed by atoms with Crippen LogP contribution < -0.4 is 31.4 Å². The van der Waals surface area contributed by atoms with E-state index >= 15 is 0 Å². The van der Waals surface area contributed by atoms with Gasteiger partial charge in [0, 0.05) is 12.0 Å². The average Bonchev–Trinajstić information content (AvgIpc) is 3.78. The number of rotatable bonds is 6. The Labute approximate surface area is 266 Å². The number of benzene rings is 3. The highest BCUT2D eigenvalue weighted by molar-refractivity contribution is 6.23. The van der Waals surface area contributed by atoms with Gasteiger partial charge in [0.2, 0.25) is 11.8 Å². The summed E-state index contributed by atoms with van der Waals surface area (Å²) in [5.74, 6) is -0.545. The van der Waals surface area contributed by atoms with Crippen molar-refractivity contribution in [3.8, 4) is 22.8 Å². The molecule has 2 aromatic heterocycles. The molecule has 47 heavy (non-hydrogen) atoms. The summed E-state index contributed by atoms with van der Waals surface area (Å²) in [7, 11) is 0. The largest absolute Gasteiger partial charge is 0.457 e. The molecule has 4 N–H and O–H groups in total. The van der Waals surface area contributed by atoms with Crippen molar-refractivity contribution in [1.29, 1.82) is 0 Å². The van der Waals surface area contributed by atoms with E-state index in [0.717, 1.165) is 16.2 Å². The maximum absolute atomic E-state index is 13.4. The Morgan fingerprint density at radius 2 is 1.62 bits per heavy atom. The summed E-state index contributed by atoms with van der Waals surface area (Å²) in [5.41, 5.74) is 12.5. The van der Waals surface area contributed by atoms with Gasteiger partial charge in [-0.2, -0.15) is 0 Å². The Morgan fingerprint density at radius 1 is 0.851 bits per heavy atom. The van der Waals surface area contributed by atoms with E-state index < -0.39 is 29.7 Å². The Morgan fingerprint density at radius 3 is 2.40 bits per heavy atom. The highest BCUT2D eigenvalue weighted by Gasteiger charge is 2.45. The number of nitrogens with two attached hydrogens (primary N) is 1. The van der Waals surface area contributed by atoms with E-state index in [9.17, 15) is 19.2 Å². The minimum atomic E-state index is -1.03. The van der Waals surface area contributed by atoms with Crippen LogP contribution in [0.25, 0.3) is 22.3 Å². The van der Waals surface area contributed by atoms with Gasteiger partial charge in [0.15, 0.2) is 5.65 Å². The van der Waals surface area contributed by atoms with Gasteiger partial charge in [-0.25, -0.2) is 15.1 Å². The van der Waals surface area contributed by atoms with Crippen LogP contribution in [0.4, 0.5) is 11.5 Å². The molecule has 5 heterocycles. The Balaban J connectivity index is 1.05. The van der Waals surface area contributed by atoms with E-state index in [4.69, 9.17) is 15.6 Å². The Kier molecular flexibility index (Phi) is 6.54. The molecule has 4 amide bonds. The van der Waals surface area contributed by atoms with E-state index in [2.05, 4.69) is 20.8 Å². The molecule has 3 aliphatic rings. The molecule has 2 fully saturated rings. The van der Waals surface area contributed by atoms with E-state index in [1.807, 2.05) is 54.6 Å². The molecule has 0 spiro atoms. The van der Waals surface area contributed by atoms with Crippen molar-refractivity contribution in [2.24, 2.45) is 0 Å². The van der Waals surface area contributed by atoms with Crippen LogP contribution >= 0.6 is 0 Å². The minimum Gasteiger partial charge on any atom is -0.457 e. The lowest BCUT2D eigenvalue weighted by atomic mass is 10.0. The molecule has 0 bridgehead atoms. The third kappa shape index (κ3) is 4.76.